The first-order chi connectivity index (χ1) is 18.0. The van der Waals surface area contributed by atoms with Crippen molar-refractivity contribution in [1.29, 1.82) is 0 Å². The summed E-state index contributed by atoms with van der Waals surface area (Å²) >= 11 is 0. The van der Waals surface area contributed by atoms with Crippen LogP contribution in [0, 0.1) is 0 Å². The van der Waals surface area contributed by atoms with Crippen molar-refractivity contribution in [3.8, 4) is 28.7 Å². The molecule has 3 rings (SSSR count). The zero-order valence-electron chi connectivity index (χ0n) is 24.3. The van der Waals surface area contributed by atoms with Crippen molar-refractivity contribution in [2.24, 2.45) is 0 Å². The highest BCUT2D eigenvalue weighted by atomic mass is 28.4. The van der Waals surface area contributed by atoms with E-state index in [0.29, 0.717) is 17.2 Å². The average Bonchev–Trinajstić information content (AvgIpc) is 2.89. The van der Waals surface area contributed by atoms with Crippen molar-refractivity contribution in [3.63, 3.8) is 0 Å². The molecule has 0 aliphatic rings. The Hall–Kier alpha value is -3.32. The highest BCUT2D eigenvalue weighted by molar-refractivity contribution is 6.74. The predicted molar refractivity (Wildman–Crippen MR) is 158 cm³/mol. The second-order valence-corrected chi connectivity index (χ2v) is 15.7. The number of hydrogen-bond donors (Lipinski definition) is 1. The summed E-state index contributed by atoms with van der Waals surface area (Å²) < 4.78 is 28.6. The number of benzene rings is 3. The van der Waals surface area contributed by atoms with Crippen LogP contribution in [0.2, 0.25) is 18.1 Å². The van der Waals surface area contributed by atoms with E-state index in [4.69, 9.17) is 23.4 Å². The number of rotatable bonds is 12. The fraction of sp³-hybridized carbons (Fsp3) is 0.419. The molecule has 0 aliphatic carbocycles. The van der Waals surface area contributed by atoms with Gasteiger partial charge in [-0.05, 0) is 90.6 Å². The van der Waals surface area contributed by atoms with Gasteiger partial charge in [-0.25, -0.2) is 0 Å². The van der Waals surface area contributed by atoms with Gasteiger partial charge in [0.25, 0.3) is 0 Å². The molecule has 0 heterocycles. The minimum absolute atomic E-state index is 0.0467. The van der Waals surface area contributed by atoms with Gasteiger partial charge in [0, 0.05) is 5.69 Å². The maximum absolute atomic E-state index is 6.63. The summed E-state index contributed by atoms with van der Waals surface area (Å²) in [4.78, 5) is 0. The Labute approximate surface area is 229 Å². The van der Waals surface area contributed by atoms with Crippen LogP contribution in [0.15, 0.2) is 60.7 Å². The molecule has 7 heteroatoms. The fourth-order valence-corrected chi connectivity index (χ4v) is 5.07. The Morgan fingerprint density at radius 1 is 0.763 bits per heavy atom. The van der Waals surface area contributed by atoms with E-state index in [-0.39, 0.29) is 11.1 Å². The molecular weight excluding hydrogens is 494 g/mol. The SMILES string of the molecule is COc1ccc(NC(CCc2cc(OC)c(OC)c(OC)c2)c2cccc(O[Si](C)(C)C(C)(C)C)c2)cc1. The molecule has 0 radical (unpaired) electrons. The molecule has 38 heavy (non-hydrogen) atoms. The third-order valence-electron chi connectivity index (χ3n) is 7.32. The summed E-state index contributed by atoms with van der Waals surface area (Å²) in [5, 5.41) is 3.85. The van der Waals surface area contributed by atoms with Crippen molar-refractivity contribution in [1.82, 2.24) is 0 Å². The van der Waals surface area contributed by atoms with Crippen molar-refractivity contribution in [2.75, 3.05) is 33.8 Å². The zero-order valence-corrected chi connectivity index (χ0v) is 25.3. The largest absolute Gasteiger partial charge is 0.543 e. The lowest BCUT2D eigenvalue weighted by Crippen LogP contribution is -2.43. The first-order valence-electron chi connectivity index (χ1n) is 13.0. The average molecular weight is 538 g/mol. The molecule has 3 aromatic carbocycles. The van der Waals surface area contributed by atoms with E-state index < -0.39 is 8.32 Å². The summed E-state index contributed by atoms with van der Waals surface area (Å²) in [6.45, 7) is 11.3. The van der Waals surface area contributed by atoms with Gasteiger partial charge in [-0.3, -0.25) is 0 Å². The van der Waals surface area contributed by atoms with Gasteiger partial charge >= 0.3 is 0 Å². The molecule has 0 amide bonds. The smallest absolute Gasteiger partial charge is 0.250 e. The second kappa shape index (κ2) is 12.5. The normalized spacial score (nSPS) is 12.4. The van der Waals surface area contributed by atoms with Crippen LogP contribution in [0.1, 0.15) is 44.4 Å². The minimum atomic E-state index is -1.96. The van der Waals surface area contributed by atoms with E-state index in [1.807, 2.05) is 36.4 Å². The molecule has 0 aliphatic heterocycles. The van der Waals surface area contributed by atoms with E-state index in [9.17, 15) is 0 Å². The number of methoxy groups -OCH3 is 4. The monoisotopic (exact) mass is 537 g/mol. The lowest BCUT2D eigenvalue weighted by Gasteiger charge is -2.36. The Morgan fingerprint density at radius 2 is 1.39 bits per heavy atom. The van der Waals surface area contributed by atoms with E-state index in [2.05, 4.69) is 63.4 Å². The standard InChI is InChI=1S/C31H43NO5Si/c1-31(2,3)38(8,9)37-26-12-10-11-23(21-26)27(32-24-14-16-25(33-4)17-15-24)18-13-22-19-28(34-5)30(36-7)29(20-22)35-6/h10-12,14-17,19-21,27,32H,13,18H2,1-9H3. The summed E-state index contributed by atoms with van der Waals surface area (Å²) in [5.41, 5.74) is 3.30. The highest BCUT2D eigenvalue weighted by Gasteiger charge is 2.39. The summed E-state index contributed by atoms with van der Waals surface area (Å²) in [7, 11) is 4.62. The third kappa shape index (κ3) is 7.16. The quantitative estimate of drug-likeness (QED) is 0.237. The number of ether oxygens (including phenoxy) is 4. The summed E-state index contributed by atoms with van der Waals surface area (Å²) in [6.07, 6.45) is 1.64. The molecule has 1 N–H and O–H groups in total. The molecule has 0 bridgehead atoms. The van der Waals surface area contributed by atoms with E-state index in [1.165, 1.54) is 5.56 Å². The molecule has 1 atom stereocenters. The molecule has 1 unspecified atom stereocenters. The van der Waals surface area contributed by atoms with Gasteiger partial charge in [0.2, 0.25) is 14.1 Å². The summed E-state index contributed by atoms with van der Waals surface area (Å²) in [6, 6.07) is 20.6. The molecular formula is C31H43NO5Si. The van der Waals surface area contributed by atoms with Crippen molar-refractivity contribution in [3.05, 3.63) is 71.8 Å². The van der Waals surface area contributed by atoms with E-state index >= 15 is 0 Å². The third-order valence-corrected chi connectivity index (χ3v) is 11.7. The Bertz CT molecular complexity index is 1160. The molecule has 0 saturated heterocycles. The molecule has 0 spiro atoms. The van der Waals surface area contributed by atoms with Crippen LogP contribution in [0.5, 0.6) is 28.7 Å². The van der Waals surface area contributed by atoms with Crippen LogP contribution >= 0.6 is 0 Å². The first kappa shape index (κ1) is 29.2. The van der Waals surface area contributed by atoms with Crippen LogP contribution in [0.3, 0.4) is 0 Å². The number of nitrogens with one attached hydrogen (secondary N) is 1. The van der Waals surface area contributed by atoms with Crippen LogP contribution in [0.25, 0.3) is 0 Å². The Morgan fingerprint density at radius 3 is 1.92 bits per heavy atom. The fourth-order valence-electron chi connectivity index (χ4n) is 4.04. The maximum Gasteiger partial charge on any atom is 0.250 e. The Kier molecular flexibility index (Phi) is 9.60. The number of aryl methyl sites for hydroxylation is 1. The lowest BCUT2D eigenvalue weighted by molar-refractivity contribution is 0.323. The van der Waals surface area contributed by atoms with Crippen LogP contribution in [-0.2, 0) is 6.42 Å². The van der Waals surface area contributed by atoms with Gasteiger partial charge < -0.3 is 28.7 Å². The van der Waals surface area contributed by atoms with Crippen LogP contribution < -0.4 is 28.7 Å². The topological polar surface area (TPSA) is 58.2 Å². The number of hydrogen-bond acceptors (Lipinski definition) is 6. The van der Waals surface area contributed by atoms with Crippen molar-refractivity contribution in [2.45, 2.75) is 57.8 Å². The van der Waals surface area contributed by atoms with Gasteiger partial charge in [0.15, 0.2) is 11.5 Å². The predicted octanol–water partition coefficient (Wildman–Crippen LogP) is 7.89. The molecule has 206 valence electrons. The van der Waals surface area contributed by atoms with Gasteiger partial charge in [0.1, 0.15) is 11.5 Å². The van der Waals surface area contributed by atoms with E-state index in [1.54, 1.807) is 28.4 Å². The first-order valence-corrected chi connectivity index (χ1v) is 15.9. The van der Waals surface area contributed by atoms with Gasteiger partial charge in [-0.15, -0.1) is 0 Å². The lowest BCUT2D eigenvalue weighted by atomic mass is 9.98. The van der Waals surface area contributed by atoms with Crippen LogP contribution in [-0.4, -0.2) is 36.8 Å². The van der Waals surface area contributed by atoms with Gasteiger partial charge in [0.05, 0.1) is 34.5 Å². The highest BCUT2D eigenvalue weighted by Crippen LogP contribution is 2.40. The van der Waals surface area contributed by atoms with Crippen molar-refractivity contribution < 1.29 is 23.4 Å². The molecule has 0 fully saturated rings. The number of anilines is 1. The van der Waals surface area contributed by atoms with Gasteiger partial charge in [-0.2, -0.15) is 0 Å². The minimum Gasteiger partial charge on any atom is -0.543 e. The van der Waals surface area contributed by atoms with Crippen LogP contribution in [0.4, 0.5) is 5.69 Å². The molecule has 3 aromatic rings. The van der Waals surface area contributed by atoms with Gasteiger partial charge in [-0.1, -0.05) is 32.9 Å². The second-order valence-electron chi connectivity index (χ2n) is 10.9. The Balaban J connectivity index is 1.92. The zero-order chi connectivity index (χ0) is 27.9. The molecule has 0 saturated carbocycles. The maximum atomic E-state index is 6.63. The molecule has 0 aromatic heterocycles. The summed E-state index contributed by atoms with van der Waals surface area (Å²) in [5.74, 6) is 3.66. The van der Waals surface area contributed by atoms with Crippen molar-refractivity contribution >= 4 is 14.0 Å². The van der Waals surface area contributed by atoms with E-state index in [0.717, 1.165) is 35.6 Å². The molecule has 6 nitrogen and oxygen atoms in total.